The molecule has 0 aromatic heterocycles. The molecule has 1 atom stereocenters. The summed E-state index contributed by atoms with van der Waals surface area (Å²) in [5.41, 5.74) is -1.06. The second-order valence-electron chi connectivity index (χ2n) is 4.94. The zero-order chi connectivity index (χ0) is 17.7. The third-order valence-corrected chi connectivity index (χ3v) is 3.22. The molecule has 0 fully saturated rings. The van der Waals surface area contributed by atoms with E-state index in [1.165, 1.54) is 0 Å². The summed E-state index contributed by atoms with van der Waals surface area (Å²) in [6.45, 7) is -0.394. The number of nitrogens with one attached hydrogen (secondary N) is 2. The maximum Gasteiger partial charge on any atom is 0.419 e. The van der Waals surface area contributed by atoms with Crippen molar-refractivity contribution in [2.75, 3.05) is 11.9 Å². The van der Waals surface area contributed by atoms with Crippen molar-refractivity contribution in [2.24, 2.45) is 0 Å². The van der Waals surface area contributed by atoms with E-state index in [4.69, 9.17) is 0 Å². The average Bonchev–Trinajstić information content (AvgIpc) is 2.54. The highest BCUT2D eigenvalue weighted by Gasteiger charge is 2.34. The molecule has 0 heterocycles. The molecule has 2 aromatic carbocycles. The minimum Gasteiger partial charge on any atom is -0.394 e. The number of amides is 2. The smallest absolute Gasteiger partial charge is 0.394 e. The van der Waals surface area contributed by atoms with Crippen molar-refractivity contribution in [3.63, 3.8) is 0 Å². The Hall–Kier alpha value is -2.61. The van der Waals surface area contributed by atoms with Crippen LogP contribution in [0, 0.1) is 5.82 Å². The van der Waals surface area contributed by atoms with Gasteiger partial charge >= 0.3 is 12.2 Å². The molecule has 0 aliphatic carbocycles. The number of hydrogen-bond donors (Lipinski definition) is 3. The molecule has 4 nitrogen and oxygen atoms in total. The fourth-order valence-electron chi connectivity index (χ4n) is 2.07. The van der Waals surface area contributed by atoms with Crippen LogP contribution in [-0.4, -0.2) is 17.7 Å². The summed E-state index contributed by atoms with van der Waals surface area (Å²) in [7, 11) is 0. The summed E-state index contributed by atoms with van der Waals surface area (Å²) in [5, 5.41) is 14.0. The largest absolute Gasteiger partial charge is 0.419 e. The Balaban J connectivity index is 2.10. The number of carbonyl (C=O) groups excluding carboxylic acids is 1. The lowest BCUT2D eigenvalue weighted by Crippen LogP contribution is -2.34. The van der Waals surface area contributed by atoms with Crippen molar-refractivity contribution in [1.82, 2.24) is 5.32 Å². The van der Waals surface area contributed by atoms with E-state index >= 15 is 0 Å². The first-order valence-corrected chi connectivity index (χ1v) is 6.91. The Kier molecular flexibility index (Phi) is 5.40. The molecular weight excluding hydrogens is 328 g/mol. The highest BCUT2D eigenvalue weighted by atomic mass is 19.4. The average molecular weight is 342 g/mol. The predicted octanol–water partition coefficient (Wildman–Crippen LogP) is 3.70. The molecule has 0 radical (unpaired) electrons. The highest BCUT2D eigenvalue weighted by molar-refractivity contribution is 5.89. The van der Waals surface area contributed by atoms with Crippen LogP contribution in [0.15, 0.2) is 48.5 Å². The van der Waals surface area contributed by atoms with E-state index in [1.54, 1.807) is 30.3 Å². The minimum absolute atomic E-state index is 0.217. The summed E-state index contributed by atoms with van der Waals surface area (Å²) in [6, 6.07) is 9.15. The van der Waals surface area contributed by atoms with Crippen LogP contribution in [0.5, 0.6) is 0 Å². The van der Waals surface area contributed by atoms with E-state index in [1.807, 2.05) is 0 Å². The fourth-order valence-corrected chi connectivity index (χ4v) is 2.07. The van der Waals surface area contributed by atoms with Gasteiger partial charge in [0.25, 0.3) is 0 Å². The van der Waals surface area contributed by atoms with Crippen LogP contribution in [-0.2, 0) is 6.18 Å². The molecule has 2 rings (SSSR count). The van der Waals surface area contributed by atoms with Gasteiger partial charge in [-0.25, -0.2) is 9.18 Å². The van der Waals surface area contributed by atoms with E-state index in [2.05, 4.69) is 10.6 Å². The summed E-state index contributed by atoms with van der Waals surface area (Å²) >= 11 is 0. The lowest BCUT2D eigenvalue weighted by atomic mass is 10.1. The van der Waals surface area contributed by atoms with Crippen molar-refractivity contribution in [3.8, 4) is 0 Å². The third kappa shape index (κ3) is 4.45. The number of urea groups is 1. The van der Waals surface area contributed by atoms with E-state index in [0.29, 0.717) is 17.7 Å². The van der Waals surface area contributed by atoms with Gasteiger partial charge in [0.1, 0.15) is 5.82 Å². The lowest BCUT2D eigenvalue weighted by Gasteiger charge is -2.17. The standard InChI is InChI=1S/C16H14F4N2O2/c17-13-7-6-11(8-12(13)16(18,19)20)21-15(24)22-14(9-23)10-4-2-1-3-5-10/h1-8,14,23H,9H2,(H2,21,22,24)/t14-/m1/s1. The Labute approximate surface area is 135 Å². The number of halogens is 4. The van der Waals surface area contributed by atoms with Gasteiger partial charge < -0.3 is 15.7 Å². The predicted molar refractivity (Wildman–Crippen MR) is 79.8 cm³/mol. The molecule has 0 saturated carbocycles. The van der Waals surface area contributed by atoms with Gasteiger partial charge in [-0.15, -0.1) is 0 Å². The van der Waals surface area contributed by atoms with Crippen LogP contribution in [0.1, 0.15) is 17.2 Å². The van der Waals surface area contributed by atoms with E-state index < -0.39 is 36.2 Å². The Morgan fingerprint density at radius 2 is 1.79 bits per heavy atom. The van der Waals surface area contributed by atoms with Crippen molar-refractivity contribution in [1.29, 1.82) is 0 Å². The monoisotopic (exact) mass is 342 g/mol. The Morgan fingerprint density at radius 3 is 2.38 bits per heavy atom. The molecular formula is C16H14F4N2O2. The SMILES string of the molecule is O=C(Nc1ccc(F)c(C(F)(F)F)c1)N[C@H](CO)c1ccccc1. The van der Waals surface area contributed by atoms with Gasteiger partial charge in [0.2, 0.25) is 0 Å². The maximum atomic E-state index is 13.2. The van der Waals surface area contributed by atoms with Crippen LogP contribution in [0.4, 0.5) is 28.0 Å². The summed E-state index contributed by atoms with van der Waals surface area (Å²) in [4.78, 5) is 11.9. The van der Waals surface area contributed by atoms with E-state index in [-0.39, 0.29) is 5.69 Å². The second kappa shape index (κ2) is 7.31. The highest BCUT2D eigenvalue weighted by Crippen LogP contribution is 2.33. The molecule has 0 spiro atoms. The number of hydrogen-bond acceptors (Lipinski definition) is 2. The van der Waals surface area contributed by atoms with Crippen LogP contribution in [0.25, 0.3) is 0 Å². The number of aliphatic hydroxyl groups is 1. The van der Waals surface area contributed by atoms with Gasteiger partial charge in [-0.05, 0) is 23.8 Å². The molecule has 0 aliphatic heterocycles. The van der Waals surface area contributed by atoms with Gasteiger partial charge in [0.05, 0.1) is 18.2 Å². The minimum atomic E-state index is -4.87. The van der Waals surface area contributed by atoms with Gasteiger partial charge in [0, 0.05) is 5.69 Å². The molecule has 24 heavy (non-hydrogen) atoms. The van der Waals surface area contributed by atoms with Crippen molar-refractivity contribution in [3.05, 3.63) is 65.5 Å². The first kappa shape index (κ1) is 17.7. The van der Waals surface area contributed by atoms with E-state index in [9.17, 15) is 27.5 Å². The zero-order valence-electron chi connectivity index (χ0n) is 12.3. The summed E-state index contributed by atoms with van der Waals surface area (Å²) in [6.07, 6.45) is -4.87. The molecule has 0 saturated heterocycles. The van der Waals surface area contributed by atoms with Gasteiger partial charge in [-0.2, -0.15) is 13.2 Å². The lowest BCUT2D eigenvalue weighted by molar-refractivity contribution is -0.139. The van der Waals surface area contributed by atoms with Crippen LogP contribution >= 0.6 is 0 Å². The molecule has 0 aliphatic rings. The van der Waals surface area contributed by atoms with Crippen molar-refractivity contribution in [2.45, 2.75) is 12.2 Å². The third-order valence-electron chi connectivity index (χ3n) is 3.22. The molecule has 2 amide bonds. The molecule has 0 unspecified atom stereocenters. The zero-order valence-corrected chi connectivity index (χ0v) is 12.3. The number of rotatable bonds is 4. The van der Waals surface area contributed by atoms with Crippen molar-refractivity contribution >= 4 is 11.7 Å². The second-order valence-corrected chi connectivity index (χ2v) is 4.94. The van der Waals surface area contributed by atoms with Gasteiger partial charge in [-0.3, -0.25) is 0 Å². The fraction of sp³-hybridized carbons (Fsp3) is 0.188. The molecule has 2 aromatic rings. The molecule has 3 N–H and O–H groups in total. The molecule has 8 heteroatoms. The van der Waals surface area contributed by atoms with E-state index in [0.717, 1.165) is 6.07 Å². The van der Waals surface area contributed by atoms with Gasteiger partial charge in [-0.1, -0.05) is 30.3 Å². The number of benzene rings is 2. The van der Waals surface area contributed by atoms with Crippen LogP contribution in [0.3, 0.4) is 0 Å². The topological polar surface area (TPSA) is 61.4 Å². The Morgan fingerprint density at radius 1 is 1.12 bits per heavy atom. The quantitative estimate of drug-likeness (QED) is 0.742. The Bertz CT molecular complexity index is 705. The molecule has 128 valence electrons. The maximum absolute atomic E-state index is 13.2. The first-order valence-electron chi connectivity index (χ1n) is 6.91. The van der Waals surface area contributed by atoms with Gasteiger partial charge in [0.15, 0.2) is 0 Å². The van der Waals surface area contributed by atoms with Crippen LogP contribution in [0.2, 0.25) is 0 Å². The number of aliphatic hydroxyl groups excluding tert-OH is 1. The van der Waals surface area contributed by atoms with Crippen molar-refractivity contribution < 1.29 is 27.5 Å². The normalized spacial score (nSPS) is 12.5. The first-order chi connectivity index (χ1) is 11.3. The summed E-state index contributed by atoms with van der Waals surface area (Å²) < 4.78 is 51.2. The number of carbonyl (C=O) groups is 1. The van der Waals surface area contributed by atoms with Crippen LogP contribution < -0.4 is 10.6 Å². The number of anilines is 1. The summed E-state index contributed by atoms with van der Waals surface area (Å²) in [5.74, 6) is -1.43. The molecule has 0 bridgehead atoms. The number of alkyl halides is 3.